The van der Waals surface area contributed by atoms with Crippen molar-refractivity contribution < 1.29 is 19.4 Å². The predicted octanol–water partition coefficient (Wildman–Crippen LogP) is 1.66. The van der Waals surface area contributed by atoms with Gasteiger partial charge < -0.3 is 9.84 Å². The molecule has 1 rings (SSSR count). The molecule has 0 radical (unpaired) electrons. The Labute approximate surface area is 108 Å². The number of carbonyl (C=O) groups is 2. The molecular formula is C13H23NO4. The number of unbranched alkanes of at least 4 members (excludes halogenated alkanes) is 2. The normalized spacial score (nSPS) is 20.6. The lowest BCUT2D eigenvalue weighted by molar-refractivity contribution is -0.150. The fourth-order valence-corrected chi connectivity index (χ4v) is 2.21. The second-order valence-electron chi connectivity index (χ2n) is 4.75. The molecular weight excluding hydrogens is 234 g/mol. The molecule has 1 unspecified atom stereocenters. The van der Waals surface area contributed by atoms with Gasteiger partial charge >= 0.3 is 11.9 Å². The third kappa shape index (κ3) is 5.04. The lowest BCUT2D eigenvalue weighted by Crippen LogP contribution is -2.47. The summed E-state index contributed by atoms with van der Waals surface area (Å²) in [6.45, 7) is 3.30. The number of ether oxygens (including phenoxy) is 1. The van der Waals surface area contributed by atoms with Crippen molar-refractivity contribution in [1.82, 2.24) is 4.90 Å². The van der Waals surface area contributed by atoms with E-state index < -0.39 is 12.0 Å². The van der Waals surface area contributed by atoms with Crippen molar-refractivity contribution in [1.29, 1.82) is 0 Å². The van der Waals surface area contributed by atoms with Gasteiger partial charge in [-0.3, -0.25) is 14.5 Å². The first kappa shape index (κ1) is 15.0. The maximum absolute atomic E-state index is 11.6. The summed E-state index contributed by atoms with van der Waals surface area (Å²) in [4.78, 5) is 24.4. The van der Waals surface area contributed by atoms with E-state index >= 15 is 0 Å². The van der Waals surface area contributed by atoms with Crippen molar-refractivity contribution in [3.63, 3.8) is 0 Å². The average molecular weight is 257 g/mol. The van der Waals surface area contributed by atoms with E-state index in [1.807, 2.05) is 0 Å². The lowest BCUT2D eigenvalue weighted by atomic mass is 10.0. The Morgan fingerprint density at radius 2 is 2.11 bits per heavy atom. The molecule has 0 aromatic rings. The van der Waals surface area contributed by atoms with Gasteiger partial charge in [0.15, 0.2) is 0 Å². The standard InChI is InChI=1S/C13H23NO4/c1-2-3-6-9-18-12(15)10-14-8-5-4-7-11(14)13(16)17/h11H,2-10H2,1H3,(H,16,17). The highest BCUT2D eigenvalue weighted by Crippen LogP contribution is 2.16. The maximum atomic E-state index is 11.6. The van der Waals surface area contributed by atoms with Gasteiger partial charge in [-0.15, -0.1) is 0 Å². The molecule has 1 N–H and O–H groups in total. The zero-order valence-corrected chi connectivity index (χ0v) is 11.1. The van der Waals surface area contributed by atoms with Crippen LogP contribution in [0.25, 0.3) is 0 Å². The van der Waals surface area contributed by atoms with Gasteiger partial charge in [0, 0.05) is 0 Å². The van der Waals surface area contributed by atoms with Gasteiger partial charge in [-0.1, -0.05) is 26.2 Å². The maximum Gasteiger partial charge on any atom is 0.320 e. The number of carbonyl (C=O) groups excluding carboxylic acids is 1. The molecule has 0 spiro atoms. The molecule has 18 heavy (non-hydrogen) atoms. The SMILES string of the molecule is CCCCCOC(=O)CN1CCCCC1C(=O)O. The quantitative estimate of drug-likeness (QED) is 0.555. The van der Waals surface area contributed by atoms with Gasteiger partial charge in [0.1, 0.15) is 6.04 Å². The highest BCUT2D eigenvalue weighted by atomic mass is 16.5. The number of carboxylic acid groups (broad SMARTS) is 1. The summed E-state index contributed by atoms with van der Waals surface area (Å²) in [5.41, 5.74) is 0. The summed E-state index contributed by atoms with van der Waals surface area (Å²) in [7, 11) is 0. The van der Waals surface area contributed by atoms with Crippen molar-refractivity contribution >= 4 is 11.9 Å². The molecule has 0 amide bonds. The third-order valence-corrected chi connectivity index (χ3v) is 3.24. The monoisotopic (exact) mass is 257 g/mol. The number of piperidine rings is 1. The summed E-state index contributed by atoms with van der Waals surface area (Å²) in [6, 6.07) is -0.526. The second-order valence-corrected chi connectivity index (χ2v) is 4.75. The van der Waals surface area contributed by atoms with Crippen LogP contribution in [-0.4, -0.2) is 47.7 Å². The van der Waals surface area contributed by atoms with E-state index in [9.17, 15) is 9.59 Å². The number of hydrogen-bond donors (Lipinski definition) is 1. The molecule has 1 aliphatic rings. The number of rotatable bonds is 7. The minimum Gasteiger partial charge on any atom is -0.480 e. The number of aliphatic carboxylic acids is 1. The highest BCUT2D eigenvalue weighted by molar-refractivity contribution is 5.76. The van der Waals surface area contributed by atoms with Crippen LogP contribution < -0.4 is 0 Å². The molecule has 5 nitrogen and oxygen atoms in total. The molecule has 1 saturated heterocycles. The number of esters is 1. The molecule has 104 valence electrons. The Kier molecular flexibility index (Phi) is 6.72. The van der Waals surface area contributed by atoms with Crippen molar-refractivity contribution in [3.05, 3.63) is 0 Å². The number of hydrogen-bond acceptors (Lipinski definition) is 4. The largest absolute Gasteiger partial charge is 0.480 e. The second kappa shape index (κ2) is 8.08. The topological polar surface area (TPSA) is 66.8 Å². The predicted molar refractivity (Wildman–Crippen MR) is 67.3 cm³/mol. The average Bonchev–Trinajstić information content (AvgIpc) is 2.35. The van der Waals surface area contributed by atoms with Gasteiger partial charge in [0.05, 0.1) is 13.2 Å². The van der Waals surface area contributed by atoms with E-state index in [0.717, 1.165) is 32.1 Å². The van der Waals surface area contributed by atoms with Gasteiger partial charge in [0.25, 0.3) is 0 Å². The van der Waals surface area contributed by atoms with Crippen molar-refractivity contribution in [2.75, 3.05) is 19.7 Å². The zero-order valence-electron chi connectivity index (χ0n) is 11.1. The first-order valence-corrected chi connectivity index (χ1v) is 6.77. The Hall–Kier alpha value is -1.10. The number of likely N-dealkylation sites (tertiary alicyclic amines) is 1. The smallest absolute Gasteiger partial charge is 0.320 e. The first-order valence-electron chi connectivity index (χ1n) is 6.77. The van der Waals surface area contributed by atoms with Crippen LogP contribution in [0.4, 0.5) is 0 Å². The minimum atomic E-state index is -0.839. The highest BCUT2D eigenvalue weighted by Gasteiger charge is 2.29. The fraction of sp³-hybridized carbons (Fsp3) is 0.846. The van der Waals surface area contributed by atoms with E-state index in [4.69, 9.17) is 9.84 Å². The van der Waals surface area contributed by atoms with Crippen LogP contribution >= 0.6 is 0 Å². The lowest BCUT2D eigenvalue weighted by Gasteiger charge is -2.31. The fourth-order valence-electron chi connectivity index (χ4n) is 2.21. The summed E-state index contributed by atoms with van der Waals surface area (Å²) in [6.07, 6.45) is 5.51. The molecule has 1 heterocycles. The Morgan fingerprint density at radius 3 is 2.78 bits per heavy atom. The molecule has 0 aromatic carbocycles. The summed E-state index contributed by atoms with van der Waals surface area (Å²) >= 11 is 0. The van der Waals surface area contributed by atoms with Gasteiger partial charge in [-0.05, 0) is 25.8 Å². The summed E-state index contributed by atoms with van der Waals surface area (Å²) < 4.78 is 5.10. The first-order chi connectivity index (χ1) is 8.65. The van der Waals surface area contributed by atoms with Gasteiger partial charge in [-0.2, -0.15) is 0 Å². The molecule has 5 heteroatoms. The Bertz CT molecular complexity index is 280. The third-order valence-electron chi connectivity index (χ3n) is 3.24. The van der Waals surface area contributed by atoms with Crippen LogP contribution in [0, 0.1) is 0 Å². The summed E-state index contributed by atoms with van der Waals surface area (Å²) in [5.74, 6) is -1.15. The van der Waals surface area contributed by atoms with Gasteiger partial charge in [0.2, 0.25) is 0 Å². The number of nitrogens with zero attached hydrogens (tertiary/aromatic N) is 1. The molecule has 0 aliphatic carbocycles. The Balaban J connectivity index is 2.30. The van der Waals surface area contributed by atoms with Crippen LogP contribution in [0.1, 0.15) is 45.4 Å². The Morgan fingerprint density at radius 1 is 1.33 bits per heavy atom. The zero-order chi connectivity index (χ0) is 13.4. The molecule has 1 atom stereocenters. The van der Waals surface area contributed by atoms with Crippen molar-refractivity contribution in [3.8, 4) is 0 Å². The van der Waals surface area contributed by atoms with Crippen LogP contribution in [0.15, 0.2) is 0 Å². The molecule has 0 bridgehead atoms. The summed E-state index contributed by atoms with van der Waals surface area (Å²) in [5, 5.41) is 9.07. The van der Waals surface area contributed by atoms with Crippen LogP contribution in [0.3, 0.4) is 0 Å². The van der Waals surface area contributed by atoms with E-state index in [1.165, 1.54) is 0 Å². The van der Waals surface area contributed by atoms with Crippen LogP contribution in [0.2, 0.25) is 0 Å². The molecule has 1 aliphatic heterocycles. The van der Waals surface area contributed by atoms with Crippen molar-refractivity contribution in [2.24, 2.45) is 0 Å². The van der Waals surface area contributed by atoms with E-state index in [1.54, 1.807) is 4.90 Å². The van der Waals surface area contributed by atoms with Crippen LogP contribution in [-0.2, 0) is 14.3 Å². The minimum absolute atomic E-state index is 0.100. The molecule has 1 fully saturated rings. The van der Waals surface area contributed by atoms with E-state index in [0.29, 0.717) is 19.6 Å². The molecule has 0 saturated carbocycles. The van der Waals surface area contributed by atoms with Crippen molar-refractivity contribution in [2.45, 2.75) is 51.5 Å². The van der Waals surface area contributed by atoms with E-state index in [-0.39, 0.29) is 12.5 Å². The van der Waals surface area contributed by atoms with Crippen LogP contribution in [0.5, 0.6) is 0 Å². The number of carboxylic acids is 1. The van der Waals surface area contributed by atoms with Gasteiger partial charge in [-0.25, -0.2) is 0 Å². The van der Waals surface area contributed by atoms with E-state index in [2.05, 4.69) is 6.92 Å². The molecule has 0 aromatic heterocycles.